The number of carbonyl (C=O) groups is 1. The number of primary amides is 1. The van der Waals surface area contributed by atoms with E-state index in [9.17, 15) is 23.3 Å². The molecule has 0 spiro atoms. The van der Waals surface area contributed by atoms with Crippen molar-refractivity contribution in [1.82, 2.24) is 5.01 Å². The Labute approximate surface area is 188 Å². The van der Waals surface area contributed by atoms with Crippen molar-refractivity contribution in [1.29, 1.82) is 5.26 Å². The second-order valence-electron chi connectivity index (χ2n) is 7.00. The first kappa shape index (κ1) is 23.4. The molecule has 0 bridgehead atoms. The Balaban J connectivity index is 2.16. The van der Waals surface area contributed by atoms with E-state index in [1.165, 1.54) is 12.1 Å². The van der Waals surface area contributed by atoms with Gasteiger partial charge >= 0.3 is 5.70 Å². The summed E-state index contributed by atoms with van der Waals surface area (Å²) in [6.45, 7) is 0. The number of nitrogens with two attached hydrogens (primary N) is 2. The van der Waals surface area contributed by atoms with Gasteiger partial charge in [-0.2, -0.15) is 5.26 Å². The summed E-state index contributed by atoms with van der Waals surface area (Å²) in [6.07, 6.45) is 0.812. The fourth-order valence-electron chi connectivity index (χ4n) is 3.11. The molecule has 1 aliphatic rings. The number of carbonyl (C=O) groups excluding carboxylic acids is 1. The topological polar surface area (TPSA) is 195 Å². The number of amides is 1. The summed E-state index contributed by atoms with van der Waals surface area (Å²) >= 11 is 0. The predicted molar refractivity (Wildman–Crippen MR) is 117 cm³/mol. The lowest BCUT2D eigenvalue weighted by Crippen LogP contribution is -2.50. The van der Waals surface area contributed by atoms with Crippen LogP contribution in [0.25, 0.3) is 0 Å². The summed E-state index contributed by atoms with van der Waals surface area (Å²) in [5, 5.41) is 21.6. The van der Waals surface area contributed by atoms with Gasteiger partial charge in [0.15, 0.2) is 9.84 Å². The Bertz CT molecular complexity index is 1330. The number of nitrogens with zero attached hydrogens (tertiary/aromatic N) is 4. The van der Waals surface area contributed by atoms with Crippen LogP contribution in [0.3, 0.4) is 0 Å². The fraction of sp³-hybridized carbons (Fsp3) is 0.150. The van der Waals surface area contributed by atoms with Crippen molar-refractivity contribution in [2.24, 2.45) is 16.6 Å². The Kier molecular flexibility index (Phi) is 6.43. The zero-order chi connectivity index (χ0) is 24.3. The Hall–Kier alpha value is -4.28. The molecule has 0 radical (unpaired) electrons. The van der Waals surface area contributed by atoms with E-state index in [2.05, 4.69) is 4.99 Å². The van der Waals surface area contributed by atoms with Gasteiger partial charge in [0, 0.05) is 12.7 Å². The molecular formula is C20H18N6O6S. The molecule has 0 saturated heterocycles. The van der Waals surface area contributed by atoms with Crippen LogP contribution < -0.4 is 16.3 Å². The van der Waals surface area contributed by atoms with Crippen LogP contribution >= 0.6 is 0 Å². The normalized spacial score (nSPS) is 16.1. The van der Waals surface area contributed by atoms with E-state index in [1.54, 1.807) is 36.4 Å². The Morgan fingerprint density at radius 1 is 1.30 bits per heavy atom. The number of nitriles is 1. The van der Waals surface area contributed by atoms with E-state index in [4.69, 9.17) is 21.6 Å². The third-order valence-electron chi connectivity index (χ3n) is 4.59. The number of ether oxygens (including phenoxy) is 1. The van der Waals surface area contributed by atoms with Gasteiger partial charge in [-0.05, 0) is 23.8 Å². The number of aliphatic imine (C=N–C) groups is 1. The minimum absolute atomic E-state index is 0.0353. The molecule has 1 aliphatic heterocycles. The van der Waals surface area contributed by atoms with Crippen molar-refractivity contribution in [2.75, 3.05) is 6.26 Å². The highest BCUT2D eigenvalue weighted by molar-refractivity contribution is 7.91. The van der Waals surface area contributed by atoms with E-state index in [0.29, 0.717) is 10.6 Å². The molecule has 2 aromatic rings. The lowest BCUT2D eigenvalue weighted by Gasteiger charge is -2.30. The van der Waals surface area contributed by atoms with Gasteiger partial charge < -0.3 is 10.5 Å². The molecule has 0 fully saturated rings. The minimum atomic E-state index is -3.95. The van der Waals surface area contributed by atoms with E-state index >= 15 is 0 Å². The van der Waals surface area contributed by atoms with Gasteiger partial charge in [-0.1, -0.05) is 30.3 Å². The average Bonchev–Trinajstić information content (AvgIpc) is 2.75. The molecule has 12 nitrogen and oxygen atoms in total. The highest BCUT2D eigenvalue weighted by Gasteiger charge is 2.42. The van der Waals surface area contributed by atoms with Crippen molar-refractivity contribution in [3.05, 3.63) is 86.9 Å². The molecule has 0 saturated carbocycles. The van der Waals surface area contributed by atoms with Crippen LogP contribution in [-0.4, -0.2) is 41.7 Å². The third kappa shape index (κ3) is 4.97. The number of hydrogen-bond acceptors (Lipinski definition) is 10. The van der Waals surface area contributed by atoms with Crippen molar-refractivity contribution < 1.29 is 22.9 Å². The minimum Gasteiger partial charge on any atom is -0.434 e. The molecule has 13 heteroatoms. The van der Waals surface area contributed by atoms with Gasteiger partial charge in [-0.15, -0.1) is 0 Å². The Morgan fingerprint density at radius 3 is 2.52 bits per heavy atom. The maximum absolute atomic E-state index is 12.3. The molecule has 2 aromatic carbocycles. The van der Waals surface area contributed by atoms with Gasteiger partial charge in [-0.3, -0.25) is 14.9 Å². The Morgan fingerprint density at radius 2 is 1.97 bits per heavy atom. The molecule has 4 N–H and O–H groups in total. The first-order valence-corrected chi connectivity index (χ1v) is 11.2. The van der Waals surface area contributed by atoms with Gasteiger partial charge in [0.1, 0.15) is 11.5 Å². The number of allylic oxidation sites excluding steroid dienone is 1. The smallest absolute Gasteiger partial charge is 0.351 e. The molecule has 0 aliphatic carbocycles. The molecule has 3 rings (SSSR count). The summed E-state index contributed by atoms with van der Waals surface area (Å²) in [5.74, 6) is 4.26. The first-order valence-electron chi connectivity index (χ1n) is 9.27. The first-order chi connectivity index (χ1) is 15.5. The van der Waals surface area contributed by atoms with E-state index in [0.717, 1.165) is 12.3 Å². The fourth-order valence-corrected chi connectivity index (χ4v) is 3.93. The molecule has 0 aromatic heterocycles. The summed E-state index contributed by atoms with van der Waals surface area (Å²) in [7, 11) is -3.95. The molecule has 1 heterocycles. The number of nitro groups is 1. The van der Waals surface area contributed by atoms with E-state index in [-0.39, 0.29) is 29.0 Å². The summed E-state index contributed by atoms with van der Waals surface area (Å²) in [6, 6.07) is 14.0. The number of benzene rings is 2. The van der Waals surface area contributed by atoms with Gasteiger partial charge in [0.25, 0.3) is 5.88 Å². The number of hydrazine groups is 1. The van der Waals surface area contributed by atoms with Crippen molar-refractivity contribution in [2.45, 2.75) is 11.9 Å². The SMILES string of the molecule is CS(=O)(=O)C1N=C(Cc2ccccc2)C([N+](=O)[O-])=C(Oc2ccc(C#N)c(C(N)=O)c2)N1N. The summed E-state index contributed by atoms with van der Waals surface area (Å²) < 4.78 is 30.2. The van der Waals surface area contributed by atoms with Crippen LogP contribution in [0.5, 0.6) is 5.75 Å². The zero-order valence-corrected chi connectivity index (χ0v) is 18.0. The molecule has 1 unspecified atom stereocenters. The molecular weight excluding hydrogens is 452 g/mol. The summed E-state index contributed by atoms with van der Waals surface area (Å²) in [5.41, 5.74) is 3.20. The monoisotopic (exact) mass is 470 g/mol. The largest absolute Gasteiger partial charge is 0.434 e. The second kappa shape index (κ2) is 9.07. The zero-order valence-electron chi connectivity index (χ0n) is 17.2. The lowest BCUT2D eigenvalue weighted by atomic mass is 10.1. The van der Waals surface area contributed by atoms with E-state index < -0.39 is 37.7 Å². The maximum Gasteiger partial charge on any atom is 0.351 e. The van der Waals surface area contributed by atoms with Crippen LogP contribution in [-0.2, 0) is 16.3 Å². The number of hydrogen-bond donors (Lipinski definition) is 2. The van der Waals surface area contributed by atoms with Gasteiger partial charge in [0.2, 0.25) is 11.4 Å². The maximum atomic E-state index is 12.3. The van der Waals surface area contributed by atoms with Crippen molar-refractivity contribution in [3.8, 4) is 11.8 Å². The average molecular weight is 470 g/mol. The standard InChI is InChI=1S/C20H18N6O6S/c1-33(30,31)20-24-16(9-12-5-3-2-4-6-12)17(26(28)29)19(25(20)23)32-14-8-7-13(11-21)15(10-14)18(22)27/h2-8,10,20H,9,23H2,1H3,(H2,22,27). The quantitative estimate of drug-likeness (QED) is 0.332. The summed E-state index contributed by atoms with van der Waals surface area (Å²) in [4.78, 5) is 26.9. The van der Waals surface area contributed by atoms with Crippen LogP contribution in [0.4, 0.5) is 0 Å². The highest BCUT2D eigenvalue weighted by atomic mass is 32.2. The molecule has 1 atom stereocenters. The van der Waals surface area contributed by atoms with Crippen LogP contribution in [0.2, 0.25) is 0 Å². The molecule has 33 heavy (non-hydrogen) atoms. The predicted octanol–water partition coefficient (Wildman–Crippen LogP) is 0.683. The van der Waals surface area contributed by atoms with E-state index in [1.807, 2.05) is 0 Å². The van der Waals surface area contributed by atoms with Gasteiger partial charge in [-0.25, -0.2) is 24.3 Å². The molecule has 1 amide bonds. The highest BCUT2D eigenvalue weighted by Crippen LogP contribution is 2.28. The van der Waals surface area contributed by atoms with Crippen LogP contribution in [0.1, 0.15) is 21.5 Å². The number of rotatable bonds is 7. The van der Waals surface area contributed by atoms with Crippen LogP contribution in [0, 0.1) is 21.4 Å². The third-order valence-corrected chi connectivity index (χ3v) is 5.68. The molecule has 170 valence electrons. The lowest BCUT2D eigenvalue weighted by molar-refractivity contribution is -0.419. The number of sulfone groups is 1. The van der Waals surface area contributed by atoms with Crippen molar-refractivity contribution >= 4 is 21.5 Å². The van der Waals surface area contributed by atoms with Crippen molar-refractivity contribution in [3.63, 3.8) is 0 Å². The van der Waals surface area contributed by atoms with Gasteiger partial charge in [0.05, 0.1) is 22.1 Å². The van der Waals surface area contributed by atoms with Crippen LogP contribution in [0.15, 0.2) is 65.1 Å². The second-order valence-corrected chi connectivity index (χ2v) is 9.08.